The molecule has 5 heteroatoms. The fourth-order valence-corrected chi connectivity index (χ4v) is 2.58. The molecule has 0 fully saturated rings. The normalized spacial score (nSPS) is 10.4. The molecule has 0 aliphatic carbocycles. The molecule has 0 bridgehead atoms. The predicted octanol–water partition coefficient (Wildman–Crippen LogP) is 4.07. The number of hydrogen-bond donors (Lipinski definition) is 2. The van der Waals surface area contributed by atoms with Crippen molar-refractivity contribution in [3.05, 3.63) is 95.1 Å². The van der Waals surface area contributed by atoms with Crippen LogP contribution in [0.15, 0.2) is 66.9 Å². The molecule has 4 nitrogen and oxygen atoms in total. The molecule has 0 aliphatic heterocycles. The minimum absolute atomic E-state index is 0.119. The van der Waals surface area contributed by atoms with E-state index in [2.05, 4.69) is 34.7 Å². The Hall–Kier alpha value is -3.21. The molecule has 0 aliphatic rings. The topological polar surface area (TPSA) is 54.0 Å². The Balaban J connectivity index is 1.62. The molecule has 26 heavy (non-hydrogen) atoms. The molecule has 132 valence electrons. The van der Waals surface area contributed by atoms with Gasteiger partial charge in [-0.1, -0.05) is 42.5 Å². The second-order valence-electron chi connectivity index (χ2n) is 5.98. The van der Waals surface area contributed by atoms with Crippen molar-refractivity contribution in [3.8, 4) is 0 Å². The highest BCUT2D eigenvalue weighted by atomic mass is 19.1. The van der Waals surface area contributed by atoms with Crippen LogP contribution in [0.4, 0.5) is 10.1 Å². The van der Waals surface area contributed by atoms with Crippen molar-refractivity contribution >= 4 is 11.6 Å². The fraction of sp³-hybridized carbons (Fsp3) is 0.143. The first-order chi connectivity index (χ1) is 12.6. The predicted molar refractivity (Wildman–Crippen MR) is 100 cm³/mol. The largest absolute Gasteiger partial charge is 0.381 e. The maximum absolute atomic E-state index is 13.6. The lowest BCUT2D eigenvalue weighted by molar-refractivity contribution is 0.0945. The average Bonchev–Trinajstić information content (AvgIpc) is 2.67. The number of benzene rings is 2. The smallest absolute Gasteiger partial charge is 0.270 e. The third kappa shape index (κ3) is 4.45. The molecular formula is C21H20FN3O. The highest BCUT2D eigenvalue weighted by Crippen LogP contribution is 2.13. The molecule has 0 radical (unpaired) electrons. The van der Waals surface area contributed by atoms with Crippen LogP contribution >= 0.6 is 0 Å². The number of aryl methyl sites for hydroxylation is 1. The quantitative estimate of drug-likeness (QED) is 0.705. The molecule has 0 atom stereocenters. The number of rotatable bonds is 6. The van der Waals surface area contributed by atoms with Gasteiger partial charge in [-0.25, -0.2) is 4.39 Å². The SMILES string of the molecule is Cc1ccccc1CNc1ccnc(C(=O)NCc2ccccc2F)c1. The number of hydrogen-bond acceptors (Lipinski definition) is 3. The van der Waals surface area contributed by atoms with Gasteiger partial charge < -0.3 is 10.6 Å². The summed E-state index contributed by atoms with van der Waals surface area (Å²) >= 11 is 0. The number of halogens is 1. The van der Waals surface area contributed by atoms with Gasteiger partial charge in [-0.2, -0.15) is 0 Å². The first-order valence-electron chi connectivity index (χ1n) is 8.39. The van der Waals surface area contributed by atoms with E-state index >= 15 is 0 Å². The molecule has 1 heterocycles. The number of nitrogens with one attached hydrogen (secondary N) is 2. The van der Waals surface area contributed by atoms with E-state index < -0.39 is 0 Å². The van der Waals surface area contributed by atoms with Crippen LogP contribution in [0.2, 0.25) is 0 Å². The third-order valence-electron chi connectivity index (χ3n) is 4.13. The molecule has 0 spiro atoms. The van der Waals surface area contributed by atoms with Crippen molar-refractivity contribution in [2.24, 2.45) is 0 Å². The second-order valence-corrected chi connectivity index (χ2v) is 5.98. The summed E-state index contributed by atoms with van der Waals surface area (Å²) in [4.78, 5) is 16.4. The minimum Gasteiger partial charge on any atom is -0.381 e. The summed E-state index contributed by atoms with van der Waals surface area (Å²) in [6.45, 7) is 2.84. The minimum atomic E-state index is -0.340. The molecule has 1 amide bonds. The molecule has 2 aromatic carbocycles. The van der Waals surface area contributed by atoms with E-state index in [0.29, 0.717) is 12.1 Å². The van der Waals surface area contributed by atoms with Gasteiger partial charge in [0.05, 0.1) is 0 Å². The van der Waals surface area contributed by atoms with Gasteiger partial charge in [0.1, 0.15) is 11.5 Å². The van der Waals surface area contributed by atoms with Crippen LogP contribution in [-0.4, -0.2) is 10.9 Å². The number of aromatic nitrogens is 1. The van der Waals surface area contributed by atoms with Crippen molar-refractivity contribution in [2.75, 3.05) is 5.32 Å². The molecule has 0 unspecified atom stereocenters. The molecule has 2 N–H and O–H groups in total. The monoisotopic (exact) mass is 349 g/mol. The Kier molecular flexibility index (Phi) is 5.59. The Morgan fingerprint density at radius 1 is 1.00 bits per heavy atom. The van der Waals surface area contributed by atoms with Gasteiger partial charge in [0, 0.05) is 30.5 Å². The fourth-order valence-electron chi connectivity index (χ4n) is 2.58. The van der Waals surface area contributed by atoms with Crippen LogP contribution in [0.25, 0.3) is 0 Å². The molecule has 3 rings (SSSR count). The number of amides is 1. The Morgan fingerprint density at radius 2 is 1.73 bits per heavy atom. The Morgan fingerprint density at radius 3 is 2.50 bits per heavy atom. The first-order valence-corrected chi connectivity index (χ1v) is 8.39. The van der Waals surface area contributed by atoms with Gasteiger partial charge in [0.2, 0.25) is 0 Å². The van der Waals surface area contributed by atoms with E-state index in [4.69, 9.17) is 0 Å². The van der Waals surface area contributed by atoms with E-state index in [1.54, 1.807) is 30.5 Å². The van der Waals surface area contributed by atoms with Crippen LogP contribution in [0.5, 0.6) is 0 Å². The summed E-state index contributed by atoms with van der Waals surface area (Å²) in [6.07, 6.45) is 1.58. The molecule has 1 aromatic heterocycles. The van der Waals surface area contributed by atoms with Gasteiger partial charge in [-0.05, 0) is 36.2 Å². The van der Waals surface area contributed by atoms with Gasteiger partial charge in [0.15, 0.2) is 0 Å². The van der Waals surface area contributed by atoms with Crippen LogP contribution in [-0.2, 0) is 13.1 Å². The molecule has 3 aromatic rings. The maximum atomic E-state index is 13.6. The van der Waals surface area contributed by atoms with Crippen molar-refractivity contribution < 1.29 is 9.18 Å². The number of anilines is 1. The van der Waals surface area contributed by atoms with E-state index in [1.165, 1.54) is 17.2 Å². The van der Waals surface area contributed by atoms with Crippen molar-refractivity contribution in [2.45, 2.75) is 20.0 Å². The van der Waals surface area contributed by atoms with Crippen LogP contribution in [0, 0.1) is 12.7 Å². The van der Waals surface area contributed by atoms with Gasteiger partial charge >= 0.3 is 0 Å². The zero-order valence-electron chi connectivity index (χ0n) is 14.5. The summed E-state index contributed by atoms with van der Waals surface area (Å²) < 4.78 is 13.6. The third-order valence-corrected chi connectivity index (χ3v) is 4.13. The van der Waals surface area contributed by atoms with Crippen LogP contribution in [0.1, 0.15) is 27.2 Å². The number of pyridine rings is 1. The summed E-state index contributed by atoms with van der Waals surface area (Å²) in [7, 11) is 0. The maximum Gasteiger partial charge on any atom is 0.270 e. The lowest BCUT2D eigenvalue weighted by Gasteiger charge is -2.10. The Bertz CT molecular complexity index is 911. The second kappa shape index (κ2) is 8.25. The van der Waals surface area contributed by atoms with Gasteiger partial charge in [0.25, 0.3) is 5.91 Å². The van der Waals surface area contributed by atoms with Crippen molar-refractivity contribution in [1.82, 2.24) is 10.3 Å². The van der Waals surface area contributed by atoms with E-state index in [-0.39, 0.29) is 24.0 Å². The number of carbonyl (C=O) groups is 1. The molecule has 0 saturated carbocycles. The number of carbonyl (C=O) groups excluding carboxylic acids is 1. The summed E-state index contributed by atoms with van der Waals surface area (Å²) in [5.41, 5.74) is 3.93. The highest BCUT2D eigenvalue weighted by molar-refractivity contribution is 5.93. The van der Waals surface area contributed by atoms with E-state index in [9.17, 15) is 9.18 Å². The Labute approximate surface area is 152 Å². The van der Waals surface area contributed by atoms with E-state index in [1.807, 2.05) is 18.2 Å². The van der Waals surface area contributed by atoms with E-state index in [0.717, 1.165) is 5.69 Å². The summed E-state index contributed by atoms with van der Waals surface area (Å²) in [5.74, 6) is -0.679. The van der Waals surface area contributed by atoms with Crippen LogP contribution in [0.3, 0.4) is 0 Å². The summed E-state index contributed by atoms with van der Waals surface area (Å²) in [6, 6.07) is 18.0. The van der Waals surface area contributed by atoms with Crippen molar-refractivity contribution in [1.29, 1.82) is 0 Å². The lowest BCUT2D eigenvalue weighted by Crippen LogP contribution is -2.24. The van der Waals surface area contributed by atoms with Gasteiger partial charge in [-0.3, -0.25) is 9.78 Å². The standard InChI is InChI=1S/C21H20FN3O/c1-15-6-2-3-7-16(15)13-24-18-10-11-23-20(12-18)21(26)25-14-17-8-4-5-9-19(17)22/h2-12H,13-14H2,1H3,(H,23,24)(H,25,26). The summed E-state index contributed by atoms with van der Waals surface area (Å²) in [5, 5.41) is 6.00. The molecule has 0 saturated heterocycles. The van der Waals surface area contributed by atoms with Crippen molar-refractivity contribution in [3.63, 3.8) is 0 Å². The molecular weight excluding hydrogens is 329 g/mol. The lowest BCUT2D eigenvalue weighted by atomic mass is 10.1. The van der Waals surface area contributed by atoms with Crippen LogP contribution < -0.4 is 10.6 Å². The average molecular weight is 349 g/mol. The number of nitrogens with zero attached hydrogens (tertiary/aromatic N) is 1. The zero-order chi connectivity index (χ0) is 18.4. The zero-order valence-corrected chi connectivity index (χ0v) is 14.5. The first kappa shape index (κ1) is 17.6. The van der Waals surface area contributed by atoms with Gasteiger partial charge in [-0.15, -0.1) is 0 Å². The highest BCUT2D eigenvalue weighted by Gasteiger charge is 2.09.